The minimum absolute atomic E-state index is 0.0739. The third-order valence-electron chi connectivity index (χ3n) is 2.18. The summed E-state index contributed by atoms with van der Waals surface area (Å²) in [4.78, 5) is 9.86. The summed E-state index contributed by atoms with van der Waals surface area (Å²) in [5, 5.41) is 19.1. The van der Waals surface area contributed by atoms with E-state index in [1.165, 1.54) is 19.9 Å². The zero-order valence-electron chi connectivity index (χ0n) is 9.75. The first-order valence-corrected chi connectivity index (χ1v) is 6.43. The second-order valence-corrected chi connectivity index (χ2v) is 5.36. The van der Waals surface area contributed by atoms with Crippen LogP contribution in [0.25, 0.3) is 0 Å². The molecule has 1 aromatic carbocycles. The summed E-state index contributed by atoms with van der Waals surface area (Å²) in [5.74, 6) is 0. The van der Waals surface area contributed by atoms with Gasteiger partial charge in [-0.1, -0.05) is 0 Å². The van der Waals surface area contributed by atoms with Gasteiger partial charge in [0.2, 0.25) is 10.0 Å². The molecule has 0 aliphatic heterocycles. The highest BCUT2D eigenvalue weighted by atomic mass is 32.2. The third-order valence-corrected chi connectivity index (χ3v) is 3.89. The number of nitro benzene ring substituents is 1. The average molecular weight is 269 g/mol. The van der Waals surface area contributed by atoms with Gasteiger partial charge in [0.1, 0.15) is 6.04 Å². The molecule has 0 aliphatic carbocycles. The lowest BCUT2D eigenvalue weighted by atomic mass is 10.2. The number of sulfonamides is 1. The van der Waals surface area contributed by atoms with Crippen LogP contribution in [0.4, 0.5) is 5.69 Å². The Morgan fingerprint density at radius 3 is 2.56 bits per heavy atom. The van der Waals surface area contributed by atoms with Crippen molar-refractivity contribution in [3.8, 4) is 6.07 Å². The van der Waals surface area contributed by atoms with Gasteiger partial charge < -0.3 is 0 Å². The van der Waals surface area contributed by atoms with Crippen molar-refractivity contribution in [1.82, 2.24) is 4.72 Å². The number of non-ortho nitro benzene ring substituents is 1. The molecular formula is C10H11N3O4S. The third kappa shape index (κ3) is 3.03. The summed E-state index contributed by atoms with van der Waals surface area (Å²) in [6.45, 7) is 2.86. The van der Waals surface area contributed by atoms with Gasteiger partial charge in [0.15, 0.2) is 0 Å². The minimum atomic E-state index is -3.84. The average Bonchev–Trinajstić information content (AvgIpc) is 2.27. The molecule has 18 heavy (non-hydrogen) atoms. The number of rotatable bonds is 4. The molecule has 96 valence electrons. The molecule has 0 radical (unpaired) electrons. The van der Waals surface area contributed by atoms with Crippen LogP contribution in [-0.4, -0.2) is 19.4 Å². The van der Waals surface area contributed by atoms with Crippen molar-refractivity contribution in [3.63, 3.8) is 0 Å². The number of aryl methyl sites for hydroxylation is 1. The van der Waals surface area contributed by atoms with Crippen LogP contribution in [0.2, 0.25) is 0 Å². The SMILES string of the molecule is Cc1cc([N+](=O)[O-])ccc1S(=O)(=O)N[C@@H](C)C#N. The number of nitrogens with zero attached hydrogens (tertiary/aromatic N) is 2. The van der Waals surface area contributed by atoms with Crippen LogP contribution in [0.5, 0.6) is 0 Å². The van der Waals surface area contributed by atoms with Crippen LogP contribution >= 0.6 is 0 Å². The normalized spacial score (nSPS) is 12.7. The van der Waals surface area contributed by atoms with Gasteiger partial charge in [-0.05, 0) is 25.5 Å². The standard InChI is InChI=1S/C10H11N3O4S/c1-7-5-9(13(14)15)3-4-10(7)18(16,17)12-8(2)6-11/h3-5,8,12H,1-2H3/t8-/m0/s1. The molecule has 0 fully saturated rings. The van der Waals surface area contributed by atoms with E-state index in [-0.39, 0.29) is 16.1 Å². The monoisotopic (exact) mass is 269 g/mol. The number of nitriles is 1. The maximum absolute atomic E-state index is 11.9. The van der Waals surface area contributed by atoms with E-state index in [0.717, 1.165) is 12.1 Å². The summed E-state index contributed by atoms with van der Waals surface area (Å²) in [7, 11) is -3.84. The van der Waals surface area contributed by atoms with Crippen molar-refractivity contribution < 1.29 is 13.3 Å². The molecule has 0 spiro atoms. The molecule has 8 heteroatoms. The Balaban J connectivity index is 3.19. The minimum Gasteiger partial charge on any atom is -0.258 e. The van der Waals surface area contributed by atoms with Gasteiger partial charge >= 0.3 is 0 Å². The number of hydrogen-bond donors (Lipinski definition) is 1. The van der Waals surface area contributed by atoms with Gasteiger partial charge in [0.25, 0.3) is 5.69 Å². The maximum atomic E-state index is 11.9. The van der Waals surface area contributed by atoms with E-state index in [0.29, 0.717) is 0 Å². The van der Waals surface area contributed by atoms with Crippen molar-refractivity contribution in [2.24, 2.45) is 0 Å². The lowest BCUT2D eigenvalue weighted by Crippen LogP contribution is -2.31. The molecule has 1 atom stereocenters. The molecule has 0 bridgehead atoms. The predicted molar refractivity (Wildman–Crippen MR) is 63.2 cm³/mol. The highest BCUT2D eigenvalue weighted by Crippen LogP contribution is 2.21. The van der Waals surface area contributed by atoms with Gasteiger partial charge in [0.05, 0.1) is 15.9 Å². The Hall–Kier alpha value is -1.98. The van der Waals surface area contributed by atoms with E-state index >= 15 is 0 Å². The molecule has 1 aromatic rings. The second-order valence-electron chi connectivity index (χ2n) is 3.68. The second kappa shape index (κ2) is 5.12. The van der Waals surface area contributed by atoms with Crippen LogP contribution in [0.15, 0.2) is 23.1 Å². The molecule has 0 amide bonds. The van der Waals surface area contributed by atoms with Crippen LogP contribution in [-0.2, 0) is 10.0 Å². The molecule has 0 unspecified atom stereocenters. The number of benzene rings is 1. The maximum Gasteiger partial charge on any atom is 0.269 e. The lowest BCUT2D eigenvalue weighted by Gasteiger charge is -2.09. The van der Waals surface area contributed by atoms with Crippen LogP contribution < -0.4 is 4.72 Å². The lowest BCUT2D eigenvalue weighted by molar-refractivity contribution is -0.385. The predicted octanol–water partition coefficient (Wildman–Crippen LogP) is 1.09. The molecule has 1 N–H and O–H groups in total. The first-order valence-electron chi connectivity index (χ1n) is 4.95. The van der Waals surface area contributed by atoms with E-state index in [2.05, 4.69) is 4.72 Å². The Morgan fingerprint density at radius 1 is 1.50 bits per heavy atom. The van der Waals surface area contributed by atoms with E-state index in [4.69, 9.17) is 5.26 Å². The fourth-order valence-corrected chi connectivity index (χ4v) is 2.75. The van der Waals surface area contributed by atoms with E-state index in [1.54, 1.807) is 6.07 Å². The number of nitrogens with one attached hydrogen (secondary N) is 1. The molecule has 0 aromatic heterocycles. The zero-order chi connectivity index (χ0) is 13.9. The first-order chi connectivity index (χ1) is 8.27. The molecular weight excluding hydrogens is 258 g/mol. The summed E-state index contributed by atoms with van der Waals surface area (Å²) in [5.41, 5.74) is 0.0709. The fraction of sp³-hybridized carbons (Fsp3) is 0.300. The van der Waals surface area contributed by atoms with Gasteiger partial charge in [-0.25, -0.2) is 8.42 Å². The highest BCUT2D eigenvalue weighted by Gasteiger charge is 2.21. The van der Waals surface area contributed by atoms with Crippen LogP contribution in [0.3, 0.4) is 0 Å². The molecule has 0 heterocycles. The molecule has 0 aliphatic rings. The molecule has 0 saturated heterocycles. The summed E-state index contributed by atoms with van der Waals surface area (Å²) in [6, 6.07) is 4.31. The van der Waals surface area contributed by atoms with Crippen molar-refractivity contribution in [2.45, 2.75) is 24.8 Å². The fourth-order valence-electron chi connectivity index (χ4n) is 1.37. The largest absolute Gasteiger partial charge is 0.269 e. The van der Waals surface area contributed by atoms with Crippen LogP contribution in [0.1, 0.15) is 12.5 Å². The van der Waals surface area contributed by atoms with Crippen LogP contribution in [0, 0.1) is 28.4 Å². The Morgan fingerprint density at radius 2 is 2.11 bits per heavy atom. The van der Waals surface area contributed by atoms with Gasteiger partial charge in [0, 0.05) is 12.1 Å². The first kappa shape index (κ1) is 14.1. The van der Waals surface area contributed by atoms with E-state index < -0.39 is 21.0 Å². The molecule has 7 nitrogen and oxygen atoms in total. The Labute approximate surface area is 104 Å². The molecule has 0 saturated carbocycles. The topological polar surface area (TPSA) is 113 Å². The van der Waals surface area contributed by atoms with Crippen molar-refractivity contribution >= 4 is 15.7 Å². The number of nitro groups is 1. The highest BCUT2D eigenvalue weighted by molar-refractivity contribution is 7.89. The van der Waals surface area contributed by atoms with Gasteiger partial charge in [-0.3, -0.25) is 10.1 Å². The quantitative estimate of drug-likeness (QED) is 0.649. The van der Waals surface area contributed by atoms with Crippen molar-refractivity contribution in [3.05, 3.63) is 33.9 Å². The molecule has 1 rings (SSSR count). The number of hydrogen-bond acceptors (Lipinski definition) is 5. The van der Waals surface area contributed by atoms with Crippen molar-refractivity contribution in [1.29, 1.82) is 5.26 Å². The Bertz CT molecular complexity index is 619. The van der Waals surface area contributed by atoms with Gasteiger partial charge in [-0.2, -0.15) is 9.98 Å². The van der Waals surface area contributed by atoms with Gasteiger partial charge in [-0.15, -0.1) is 0 Å². The van der Waals surface area contributed by atoms with E-state index in [9.17, 15) is 18.5 Å². The Kier molecular flexibility index (Phi) is 4.00. The summed E-state index contributed by atoms with van der Waals surface area (Å²) < 4.78 is 25.9. The zero-order valence-corrected chi connectivity index (χ0v) is 10.6. The summed E-state index contributed by atoms with van der Waals surface area (Å²) >= 11 is 0. The van der Waals surface area contributed by atoms with E-state index in [1.807, 2.05) is 0 Å². The summed E-state index contributed by atoms with van der Waals surface area (Å²) in [6.07, 6.45) is 0. The van der Waals surface area contributed by atoms with Crippen molar-refractivity contribution in [2.75, 3.05) is 0 Å². The smallest absolute Gasteiger partial charge is 0.258 e.